The van der Waals surface area contributed by atoms with Gasteiger partial charge >= 0.3 is 7.12 Å². The monoisotopic (exact) mass is 369 g/mol. The van der Waals surface area contributed by atoms with Crippen molar-refractivity contribution >= 4 is 18.5 Å². The summed E-state index contributed by atoms with van der Waals surface area (Å²) in [5.74, 6) is 0.345. The van der Waals surface area contributed by atoms with E-state index in [-0.39, 0.29) is 5.91 Å². The van der Waals surface area contributed by atoms with Crippen LogP contribution in [0.1, 0.15) is 38.1 Å². The van der Waals surface area contributed by atoms with Crippen LogP contribution in [0.3, 0.4) is 0 Å². The maximum absolute atomic E-state index is 12.5. The van der Waals surface area contributed by atoms with Crippen LogP contribution in [0.5, 0.6) is 5.75 Å². The van der Waals surface area contributed by atoms with Crippen LogP contribution in [0.4, 0.5) is 0 Å². The Labute approximate surface area is 162 Å². The largest absolute Gasteiger partial charge is 0.498 e. The first kappa shape index (κ1) is 21.0. The van der Waals surface area contributed by atoms with Crippen molar-refractivity contribution in [3.05, 3.63) is 60.7 Å². The van der Waals surface area contributed by atoms with E-state index >= 15 is 0 Å². The third-order valence-corrected chi connectivity index (χ3v) is 5.05. The van der Waals surface area contributed by atoms with Crippen LogP contribution in [-0.4, -0.2) is 37.9 Å². The van der Waals surface area contributed by atoms with Gasteiger partial charge in [0, 0.05) is 17.6 Å². The zero-order valence-corrected chi connectivity index (χ0v) is 16.8. The molecule has 1 N–H and O–H groups in total. The number of nitrogens with one attached hydrogen (secondary N) is 1. The van der Waals surface area contributed by atoms with Crippen LogP contribution in [0, 0.1) is 0 Å². The minimum atomic E-state index is -0.551. The van der Waals surface area contributed by atoms with Crippen LogP contribution in [0.25, 0.3) is 0 Å². The molecule has 0 aromatic heterocycles. The van der Waals surface area contributed by atoms with Crippen molar-refractivity contribution in [2.24, 2.45) is 0 Å². The van der Waals surface area contributed by atoms with E-state index in [4.69, 9.17) is 14.0 Å². The molecule has 1 aromatic rings. The molecule has 144 valence electrons. The number of hydrogen-bond donors (Lipinski definition) is 1. The molecule has 0 radical (unpaired) electrons. The van der Waals surface area contributed by atoms with Crippen molar-refractivity contribution < 1.29 is 18.8 Å². The minimum absolute atomic E-state index is 0.203. The minimum Gasteiger partial charge on any atom is -0.497 e. The Bertz CT molecular complexity index is 751. The van der Waals surface area contributed by atoms with Crippen LogP contribution < -0.4 is 15.5 Å². The Morgan fingerprint density at radius 3 is 2.37 bits per heavy atom. The molecule has 0 saturated carbocycles. The lowest BCUT2D eigenvalue weighted by Gasteiger charge is -2.32. The highest BCUT2D eigenvalue weighted by atomic mass is 16.7. The van der Waals surface area contributed by atoms with Crippen LogP contribution in [-0.2, 0) is 9.31 Å². The van der Waals surface area contributed by atoms with Gasteiger partial charge in [0.05, 0.1) is 18.3 Å². The first-order chi connectivity index (χ1) is 12.6. The number of benzene rings is 1. The number of hydrogen-bond acceptors (Lipinski definition) is 4. The van der Waals surface area contributed by atoms with Crippen molar-refractivity contribution in [1.82, 2.24) is 5.32 Å². The zero-order chi connectivity index (χ0) is 20.2. The lowest BCUT2D eigenvalue weighted by molar-refractivity contribution is 0.00578. The van der Waals surface area contributed by atoms with Crippen molar-refractivity contribution in [2.45, 2.75) is 38.9 Å². The number of allylic oxidation sites excluding steroid dienone is 2. The van der Waals surface area contributed by atoms with E-state index < -0.39 is 18.3 Å². The maximum atomic E-state index is 12.5. The summed E-state index contributed by atoms with van der Waals surface area (Å²) in [6.07, 6.45) is 5.14. The lowest BCUT2D eigenvalue weighted by Crippen LogP contribution is -2.41. The van der Waals surface area contributed by atoms with Crippen LogP contribution in [0.2, 0.25) is 0 Å². The van der Waals surface area contributed by atoms with Gasteiger partial charge in [-0.15, -0.1) is 0 Å². The molecule has 1 aliphatic rings. The van der Waals surface area contributed by atoms with Gasteiger partial charge in [-0.1, -0.05) is 37.5 Å². The lowest BCUT2D eigenvalue weighted by atomic mass is 9.78. The summed E-state index contributed by atoms with van der Waals surface area (Å²) in [5, 5.41) is 2.86. The van der Waals surface area contributed by atoms with Gasteiger partial charge in [-0.05, 0) is 45.4 Å². The summed E-state index contributed by atoms with van der Waals surface area (Å²) in [6.45, 7) is 15.7. The summed E-state index contributed by atoms with van der Waals surface area (Å²) < 4.78 is 17.7. The summed E-state index contributed by atoms with van der Waals surface area (Å²) >= 11 is 0. The predicted octanol–water partition coefficient (Wildman–Crippen LogP) is 3.02. The summed E-state index contributed by atoms with van der Waals surface area (Å²) in [6, 6.07) is 5.24. The molecule has 0 aliphatic carbocycles. The van der Waals surface area contributed by atoms with E-state index in [1.807, 2.05) is 33.8 Å². The highest BCUT2D eigenvalue weighted by Gasteiger charge is 2.52. The predicted molar refractivity (Wildman–Crippen MR) is 110 cm³/mol. The van der Waals surface area contributed by atoms with Crippen molar-refractivity contribution in [3.8, 4) is 5.75 Å². The molecule has 6 heteroatoms. The number of carbonyl (C=O) groups is 1. The number of ether oxygens (including phenoxy) is 1. The summed E-state index contributed by atoms with van der Waals surface area (Å²) in [7, 11) is 1.01. The van der Waals surface area contributed by atoms with E-state index in [1.54, 1.807) is 37.5 Å². The van der Waals surface area contributed by atoms with E-state index in [1.165, 1.54) is 0 Å². The van der Waals surface area contributed by atoms with Gasteiger partial charge in [0.2, 0.25) is 0 Å². The summed E-state index contributed by atoms with van der Waals surface area (Å²) in [4.78, 5) is 12.5. The van der Waals surface area contributed by atoms with Crippen molar-refractivity contribution in [1.29, 1.82) is 0 Å². The first-order valence-corrected chi connectivity index (χ1v) is 8.91. The average Bonchev–Trinajstić information content (AvgIpc) is 2.85. The average molecular weight is 369 g/mol. The molecular weight excluding hydrogens is 341 g/mol. The fraction of sp³-hybridized carbons (Fsp3) is 0.381. The Morgan fingerprint density at radius 1 is 1.22 bits per heavy atom. The molecule has 0 spiro atoms. The molecule has 27 heavy (non-hydrogen) atoms. The number of methoxy groups -OCH3 is 1. The third kappa shape index (κ3) is 4.52. The maximum Gasteiger partial charge on any atom is 0.498 e. The Balaban J connectivity index is 2.19. The van der Waals surface area contributed by atoms with Crippen LogP contribution >= 0.6 is 0 Å². The van der Waals surface area contributed by atoms with Crippen LogP contribution in [0.15, 0.2) is 55.2 Å². The Hall–Kier alpha value is -2.31. The number of amides is 1. The second kappa shape index (κ2) is 8.15. The summed E-state index contributed by atoms with van der Waals surface area (Å²) in [5.41, 5.74) is 1.23. The van der Waals surface area contributed by atoms with Gasteiger partial charge in [0.1, 0.15) is 5.75 Å². The van der Waals surface area contributed by atoms with E-state index in [0.717, 1.165) is 11.0 Å². The zero-order valence-electron chi connectivity index (χ0n) is 16.8. The van der Waals surface area contributed by atoms with Gasteiger partial charge in [-0.3, -0.25) is 4.79 Å². The molecule has 1 aromatic carbocycles. The SMILES string of the molecule is C=C/C=C(\C=C)CNC(=O)c1ccc(B2OC(C)(C)C(C)(C)O2)c(OC)c1. The molecule has 2 rings (SSSR count). The van der Waals surface area contributed by atoms with Gasteiger partial charge in [0.25, 0.3) is 5.91 Å². The second-order valence-corrected chi connectivity index (χ2v) is 7.41. The van der Waals surface area contributed by atoms with Crippen molar-refractivity contribution in [2.75, 3.05) is 13.7 Å². The fourth-order valence-corrected chi connectivity index (χ4v) is 2.65. The number of rotatable bonds is 7. The molecular formula is C21H28BNO4. The molecule has 0 bridgehead atoms. The highest BCUT2D eigenvalue weighted by molar-refractivity contribution is 6.63. The number of carbonyl (C=O) groups excluding carboxylic acids is 1. The molecule has 1 heterocycles. The van der Waals surface area contributed by atoms with Crippen molar-refractivity contribution in [3.63, 3.8) is 0 Å². The molecule has 1 saturated heterocycles. The quantitative estimate of drug-likeness (QED) is 0.593. The Kier molecular flexibility index (Phi) is 6.34. The molecule has 0 unspecified atom stereocenters. The molecule has 0 atom stereocenters. The van der Waals surface area contributed by atoms with Gasteiger partial charge < -0.3 is 19.4 Å². The topological polar surface area (TPSA) is 56.8 Å². The molecule has 1 amide bonds. The van der Waals surface area contributed by atoms with E-state index in [9.17, 15) is 4.79 Å². The fourth-order valence-electron chi connectivity index (χ4n) is 2.65. The normalized spacial score (nSPS) is 18.1. The standard InChI is InChI=1S/C21H28BNO4/c1-8-10-15(9-2)14-23-19(24)16-11-12-17(18(13-16)25-7)22-26-20(3,4)21(5,6)27-22/h8-13H,1-2,14H2,3-7H3,(H,23,24)/b15-10+. The smallest absolute Gasteiger partial charge is 0.497 e. The van der Waals surface area contributed by atoms with E-state index in [2.05, 4.69) is 18.5 Å². The van der Waals surface area contributed by atoms with Gasteiger partial charge in [-0.2, -0.15) is 0 Å². The Morgan fingerprint density at radius 2 is 1.85 bits per heavy atom. The first-order valence-electron chi connectivity index (χ1n) is 8.91. The molecule has 1 fully saturated rings. The van der Waals surface area contributed by atoms with Gasteiger partial charge in [-0.25, -0.2) is 0 Å². The molecule has 1 aliphatic heterocycles. The second-order valence-electron chi connectivity index (χ2n) is 7.41. The highest BCUT2D eigenvalue weighted by Crippen LogP contribution is 2.37. The van der Waals surface area contributed by atoms with Gasteiger partial charge in [0.15, 0.2) is 0 Å². The molecule has 5 nitrogen and oxygen atoms in total. The third-order valence-electron chi connectivity index (χ3n) is 5.05. The van der Waals surface area contributed by atoms with E-state index in [0.29, 0.717) is 17.9 Å².